The number of rotatable bonds is 4. The zero-order chi connectivity index (χ0) is 28.0. The average molecular weight is 555 g/mol. The Morgan fingerprint density at radius 3 is 2.74 bits per heavy atom. The van der Waals surface area contributed by atoms with Crippen molar-refractivity contribution < 1.29 is 24.2 Å². The van der Waals surface area contributed by atoms with Crippen LogP contribution in [-0.4, -0.2) is 62.3 Å². The molecule has 1 amide bonds. The first-order valence-electron chi connectivity index (χ1n) is 13.8. The predicted octanol–water partition coefficient (Wildman–Crippen LogP) is 5.22. The molecule has 210 valence electrons. The van der Waals surface area contributed by atoms with Crippen LogP contribution < -0.4 is 9.64 Å². The lowest BCUT2D eigenvalue weighted by atomic mass is 9.89. The van der Waals surface area contributed by atoms with Crippen LogP contribution in [0.15, 0.2) is 48.6 Å². The second kappa shape index (κ2) is 12.9. The molecular formula is C31H39ClN2O5. The maximum Gasteiger partial charge on any atom is 0.343 e. The highest BCUT2D eigenvalue weighted by Crippen LogP contribution is 2.40. The largest absolute Gasteiger partial charge is 0.491 e. The molecule has 2 atom stereocenters. The smallest absolute Gasteiger partial charge is 0.343 e. The van der Waals surface area contributed by atoms with Crippen molar-refractivity contribution in [2.24, 2.45) is 0 Å². The van der Waals surface area contributed by atoms with Gasteiger partial charge in [-0.2, -0.15) is 0 Å². The van der Waals surface area contributed by atoms with Crippen LogP contribution in [0.25, 0.3) is 0 Å². The van der Waals surface area contributed by atoms with E-state index in [0.717, 1.165) is 42.9 Å². The van der Waals surface area contributed by atoms with Crippen molar-refractivity contribution in [3.63, 3.8) is 0 Å². The van der Waals surface area contributed by atoms with Crippen LogP contribution in [-0.2, 0) is 26.3 Å². The van der Waals surface area contributed by atoms with Gasteiger partial charge in [-0.05, 0) is 66.6 Å². The molecule has 4 rings (SSSR count). The molecule has 2 bridgehead atoms. The highest BCUT2D eigenvalue weighted by Gasteiger charge is 2.43. The maximum absolute atomic E-state index is 13.0. The molecule has 7 nitrogen and oxygen atoms in total. The number of fused-ring (bicyclic) bond motifs is 1. The molecule has 0 aliphatic carbocycles. The van der Waals surface area contributed by atoms with E-state index in [1.807, 2.05) is 6.07 Å². The first-order valence-corrected chi connectivity index (χ1v) is 14.1. The molecule has 39 heavy (non-hydrogen) atoms. The predicted molar refractivity (Wildman–Crippen MR) is 153 cm³/mol. The SMILES string of the molecule is CCCc1cc(Cl)ccc1C1COc2ccc3cc2N(CCC/C=C\CCN(C)C(=O)C[C@@]3(O)C(=O)OC)C1. The van der Waals surface area contributed by atoms with E-state index in [4.69, 9.17) is 21.1 Å². The number of esters is 1. The summed E-state index contributed by atoms with van der Waals surface area (Å²) in [6.45, 7) is 4.63. The number of anilines is 1. The molecule has 2 aromatic rings. The number of carbonyl (C=O) groups is 2. The normalized spacial score (nSPS) is 23.2. The minimum Gasteiger partial charge on any atom is -0.491 e. The summed E-state index contributed by atoms with van der Waals surface area (Å²) in [6, 6.07) is 11.3. The molecule has 0 fully saturated rings. The number of allylic oxidation sites excluding steroid dienone is 1. The summed E-state index contributed by atoms with van der Waals surface area (Å²) < 4.78 is 11.3. The first kappa shape index (κ1) is 29.0. The summed E-state index contributed by atoms with van der Waals surface area (Å²) in [4.78, 5) is 29.8. The topological polar surface area (TPSA) is 79.3 Å². The van der Waals surface area contributed by atoms with E-state index in [-0.39, 0.29) is 11.8 Å². The van der Waals surface area contributed by atoms with Gasteiger partial charge in [0, 0.05) is 37.6 Å². The molecule has 2 aromatic carbocycles. The standard InChI is InChI=1S/C31H39ClN2O5/c1-4-10-22-17-25(32)12-13-26(22)23-20-34-16-9-7-5-6-8-15-33(2)29(35)19-31(37,30(36)38-3)24-11-14-28(39-21-23)27(34)18-24/h5-6,11-14,17-18,23,37H,4,7-10,15-16,19-21H2,1-3H3/b6-5-/t23?,31-/m0/s1. The van der Waals surface area contributed by atoms with Crippen LogP contribution in [0.1, 0.15) is 61.6 Å². The van der Waals surface area contributed by atoms with E-state index in [1.165, 1.54) is 18.2 Å². The van der Waals surface area contributed by atoms with Gasteiger partial charge in [0.25, 0.3) is 0 Å². The fraction of sp³-hybridized carbons (Fsp3) is 0.484. The minimum atomic E-state index is -2.12. The van der Waals surface area contributed by atoms with Crippen LogP contribution in [0.2, 0.25) is 5.02 Å². The molecule has 1 unspecified atom stereocenters. The van der Waals surface area contributed by atoms with Gasteiger partial charge in [-0.25, -0.2) is 4.79 Å². The number of benzene rings is 2. The molecule has 0 saturated carbocycles. The van der Waals surface area contributed by atoms with E-state index in [1.54, 1.807) is 30.1 Å². The molecule has 0 spiro atoms. The van der Waals surface area contributed by atoms with Crippen molar-refractivity contribution in [2.75, 3.05) is 45.3 Å². The van der Waals surface area contributed by atoms with E-state index in [9.17, 15) is 14.7 Å². The second-order valence-corrected chi connectivity index (χ2v) is 10.9. The lowest BCUT2D eigenvalue weighted by Crippen LogP contribution is -2.42. The van der Waals surface area contributed by atoms with Crippen molar-refractivity contribution in [1.82, 2.24) is 4.90 Å². The van der Waals surface area contributed by atoms with Gasteiger partial charge < -0.3 is 24.4 Å². The van der Waals surface area contributed by atoms with Crippen molar-refractivity contribution in [3.05, 3.63) is 70.3 Å². The van der Waals surface area contributed by atoms with Crippen LogP contribution in [0.3, 0.4) is 0 Å². The Hall–Kier alpha value is -3.03. The lowest BCUT2D eigenvalue weighted by molar-refractivity contribution is -0.168. The third-order valence-electron chi connectivity index (χ3n) is 7.67. The molecule has 8 heteroatoms. The van der Waals surface area contributed by atoms with Gasteiger partial charge in [0.05, 0.1) is 25.8 Å². The Morgan fingerprint density at radius 2 is 1.97 bits per heavy atom. The maximum atomic E-state index is 13.0. The highest BCUT2D eigenvalue weighted by atomic mass is 35.5. The number of carbonyl (C=O) groups excluding carboxylic acids is 2. The van der Waals surface area contributed by atoms with E-state index in [0.29, 0.717) is 37.4 Å². The Bertz CT molecular complexity index is 1220. The molecule has 0 radical (unpaired) electrons. The number of halogens is 1. The quantitative estimate of drug-likeness (QED) is 0.412. The number of aliphatic hydroxyl groups is 1. The third kappa shape index (κ3) is 6.59. The van der Waals surface area contributed by atoms with Gasteiger partial charge >= 0.3 is 5.97 Å². The van der Waals surface area contributed by atoms with Gasteiger partial charge in [0.1, 0.15) is 5.75 Å². The lowest BCUT2D eigenvalue weighted by Gasteiger charge is -2.30. The average Bonchev–Trinajstić information content (AvgIpc) is 3.10. The van der Waals surface area contributed by atoms with Gasteiger partial charge in [0.2, 0.25) is 5.91 Å². The van der Waals surface area contributed by atoms with Crippen molar-refractivity contribution in [3.8, 4) is 5.75 Å². The summed E-state index contributed by atoms with van der Waals surface area (Å²) in [7, 11) is 2.90. The molecule has 2 aliphatic heterocycles. The van der Waals surface area contributed by atoms with Crippen LogP contribution in [0.4, 0.5) is 5.69 Å². The number of aryl methyl sites for hydroxylation is 1. The summed E-state index contributed by atoms with van der Waals surface area (Å²) in [5.41, 5.74) is 1.45. The molecule has 0 aromatic heterocycles. The van der Waals surface area contributed by atoms with E-state index < -0.39 is 18.0 Å². The van der Waals surface area contributed by atoms with Crippen molar-refractivity contribution in [2.45, 2.75) is 57.0 Å². The number of hydrogen-bond acceptors (Lipinski definition) is 6. The number of hydrogen-bond donors (Lipinski definition) is 1. The first-order chi connectivity index (χ1) is 18.8. The zero-order valence-corrected chi connectivity index (χ0v) is 23.9. The number of ether oxygens (including phenoxy) is 2. The molecule has 2 aliphatic rings. The van der Waals surface area contributed by atoms with Crippen LogP contribution in [0, 0.1) is 0 Å². The van der Waals surface area contributed by atoms with E-state index >= 15 is 0 Å². The van der Waals surface area contributed by atoms with Crippen molar-refractivity contribution in [1.29, 1.82) is 0 Å². The second-order valence-electron chi connectivity index (χ2n) is 10.5. The summed E-state index contributed by atoms with van der Waals surface area (Å²) in [5, 5.41) is 12.4. The van der Waals surface area contributed by atoms with Crippen LogP contribution >= 0.6 is 11.6 Å². The summed E-state index contributed by atoms with van der Waals surface area (Å²) in [6.07, 6.45) is 8.31. The Morgan fingerprint density at radius 1 is 1.18 bits per heavy atom. The van der Waals surface area contributed by atoms with Gasteiger partial charge in [-0.15, -0.1) is 0 Å². The fourth-order valence-corrected chi connectivity index (χ4v) is 5.65. The molecule has 0 saturated heterocycles. The summed E-state index contributed by atoms with van der Waals surface area (Å²) >= 11 is 6.35. The Kier molecular flexibility index (Phi) is 9.57. The van der Waals surface area contributed by atoms with Gasteiger partial charge in [-0.3, -0.25) is 4.79 Å². The van der Waals surface area contributed by atoms with E-state index in [2.05, 4.69) is 36.1 Å². The van der Waals surface area contributed by atoms with Gasteiger partial charge in [-0.1, -0.05) is 49.2 Å². The molecule has 1 N–H and O–H groups in total. The minimum absolute atomic E-state index is 0.104. The highest BCUT2D eigenvalue weighted by molar-refractivity contribution is 6.30. The molecule has 2 heterocycles. The van der Waals surface area contributed by atoms with Crippen LogP contribution in [0.5, 0.6) is 5.75 Å². The Balaban J connectivity index is 1.77. The number of methoxy groups -OCH3 is 1. The third-order valence-corrected chi connectivity index (χ3v) is 7.91. The number of amides is 1. The Labute approximate surface area is 236 Å². The number of nitrogens with zero attached hydrogens (tertiary/aromatic N) is 2. The molecular weight excluding hydrogens is 516 g/mol. The van der Waals surface area contributed by atoms with Gasteiger partial charge in [0.15, 0.2) is 5.60 Å². The van der Waals surface area contributed by atoms with Crippen molar-refractivity contribution >= 4 is 29.2 Å². The fourth-order valence-electron chi connectivity index (χ4n) is 5.45. The monoisotopic (exact) mass is 554 g/mol. The zero-order valence-electron chi connectivity index (χ0n) is 23.1. The summed E-state index contributed by atoms with van der Waals surface area (Å²) in [5.74, 6) is -0.409.